The van der Waals surface area contributed by atoms with E-state index in [1.165, 1.54) is 0 Å². The van der Waals surface area contributed by atoms with E-state index in [0.29, 0.717) is 5.92 Å². The predicted octanol–water partition coefficient (Wildman–Crippen LogP) is 1.72. The highest BCUT2D eigenvalue weighted by molar-refractivity contribution is 5.19. The number of aliphatic hydroxyl groups excluding tert-OH is 1. The van der Waals surface area contributed by atoms with E-state index in [1.807, 2.05) is 30.3 Å². The van der Waals surface area contributed by atoms with E-state index >= 15 is 0 Å². The molecule has 0 amide bonds. The summed E-state index contributed by atoms with van der Waals surface area (Å²) in [7, 11) is 0. The van der Waals surface area contributed by atoms with E-state index < -0.39 is 0 Å². The van der Waals surface area contributed by atoms with Gasteiger partial charge in [-0.25, -0.2) is 0 Å². The molecule has 1 aromatic rings. The van der Waals surface area contributed by atoms with Crippen molar-refractivity contribution >= 4 is 0 Å². The molecule has 2 nitrogen and oxygen atoms in total. The van der Waals surface area contributed by atoms with Crippen LogP contribution in [0.3, 0.4) is 0 Å². The van der Waals surface area contributed by atoms with E-state index in [4.69, 9.17) is 0 Å². The first kappa shape index (κ1) is 9.69. The lowest BCUT2D eigenvalue weighted by Crippen LogP contribution is -2.28. The molecule has 76 valence electrons. The molecule has 1 aliphatic heterocycles. The summed E-state index contributed by atoms with van der Waals surface area (Å²) in [5.74, 6) is 0.679. The molecule has 0 aromatic heterocycles. The van der Waals surface area contributed by atoms with Crippen LogP contribution in [-0.4, -0.2) is 17.7 Å². The fraction of sp³-hybridized carbons (Fsp3) is 0.500. The van der Waals surface area contributed by atoms with Gasteiger partial charge in [0.05, 0.1) is 6.10 Å². The van der Waals surface area contributed by atoms with Gasteiger partial charge < -0.3 is 10.4 Å². The van der Waals surface area contributed by atoms with Crippen LogP contribution < -0.4 is 5.32 Å². The summed E-state index contributed by atoms with van der Waals surface area (Å²) in [5.41, 5.74) is 1.01. The van der Waals surface area contributed by atoms with Crippen LogP contribution in [0.25, 0.3) is 0 Å². The lowest BCUT2D eigenvalue weighted by atomic mass is 9.98. The molecule has 1 saturated heterocycles. The average molecular weight is 191 g/mol. The van der Waals surface area contributed by atoms with Gasteiger partial charge in [0.15, 0.2) is 0 Å². The van der Waals surface area contributed by atoms with Gasteiger partial charge in [-0.15, -0.1) is 0 Å². The number of nitrogens with one attached hydrogen (secondary N) is 1. The molecule has 1 aromatic carbocycles. The van der Waals surface area contributed by atoms with Gasteiger partial charge in [0.1, 0.15) is 0 Å². The summed E-state index contributed by atoms with van der Waals surface area (Å²) in [6.07, 6.45) is 0.705. The minimum absolute atomic E-state index is 0.229. The van der Waals surface area contributed by atoms with Crippen LogP contribution in [-0.2, 0) is 0 Å². The van der Waals surface area contributed by atoms with Crippen molar-refractivity contribution in [1.82, 2.24) is 5.32 Å². The Bertz CT molecular complexity index is 286. The van der Waals surface area contributed by atoms with Crippen molar-refractivity contribution < 1.29 is 5.11 Å². The van der Waals surface area contributed by atoms with Crippen molar-refractivity contribution in [3.63, 3.8) is 0 Å². The maximum absolute atomic E-state index is 10.1. The van der Waals surface area contributed by atoms with Crippen molar-refractivity contribution in [2.75, 3.05) is 6.54 Å². The normalized spacial score (nSPS) is 29.0. The van der Waals surface area contributed by atoms with Crippen molar-refractivity contribution in [2.45, 2.75) is 25.5 Å². The highest BCUT2D eigenvalue weighted by Gasteiger charge is 2.27. The fourth-order valence-electron chi connectivity index (χ4n) is 2.08. The third kappa shape index (κ3) is 1.97. The quantitative estimate of drug-likeness (QED) is 0.746. The van der Waals surface area contributed by atoms with E-state index in [9.17, 15) is 5.11 Å². The van der Waals surface area contributed by atoms with E-state index in [2.05, 4.69) is 12.2 Å². The maximum atomic E-state index is 10.1. The van der Waals surface area contributed by atoms with Gasteiger partial charge in [0.2, 0.25) is 0 Å². The SMILES string of the molecule is C[C@@H]1CN[C@@H]([C@@H](O)c2ccccc2)C1. The second kappa shape index (κ2) is 4.11. The first-order valence-electron chi connectivity index (χ1n) is 5.24. The number of hydrogen-bond acceptors (Lipinski definition) is 2. The van der Waals surface area contributed by atoms with Crippen LogP contribution in [0.4, 0.5) is 0 Å². The molecular weight excluding hydrogens is 174 g/mol. The molecule has 1 aliphatic rings. The van der Waals surface area contributed by atoms with E-state index in [1.54, 1.807) is 0 Å². The van der Waals surface area contributed by atoms with Crippen molar-refractivity contribution in [1.29, 1.82) is 0 Å². The van der Waals surface area contributed by atoms with Crippen molar-refractivity contribution in [3.8, 4) is 0 Å². The van der Waals surface area contributed by atoms with Crippen LogP contribution in [0.5, 0.6) is 0 Å². The third-order valence-electron chi connectivity index (χ3n) is 2.91. The zero-order valence-electron chi connectivity index (χ0n) is 8.48. The second-order valence-corrected chi connectivity index (χ2v) is 4.21. The van der Waals surface area contributed by atoms with Gasteiger partial charge in [0.25, 0.3) is 0 Å². The zero-order chi connectivity index (χ0) is 9.97. The highest BCUT2D eigenvalue weighted by atomic mass is 16.3. The molecule has 2 heteroatoms. The molecule has 1 fully saturated rings. The zero-order valence-corrected chi connectivity index (χ0v) is 8.48. The van der Waals surface area contributed by atoms with Gasteiger partial charge in [-0.1, -0.05) is 37.3 Å². The molecule has 0 saturated carbocycles. The fourth-order valence-corrected chi connectivity index (χ4v) is 2.08. The Labute approximate surface area is 85.0 Å². The Kier molecular flexibility index (Phi) is 2.85. The second-order valence-electron chi connectivity index (χ2n) is 4.21. The van der Waals surface area contributed by atoms with Crippen molar-refractivity contribution in [3.05, 3.63) is 35.9 Å². The summed E-state index contributed by atoms with van der Waals surface area (Å²) in [4.78, 5) is 0. The van der Waals surface area contributed by atoms with Gasteiger partial charge >= 0.3 is 0 Å². The van der Waals surface area contributed by atoms with Crippen LogP contribution in [0.1, 0.15) is 25.0 Å². The summed E-state index contributed by atoms with van der Waals surface area (Å²) < 4.78 is 0. The maximum Gasteiger partial charge on any atom is 0.0943 e. The van der Waals surface area contributed by atoms with Gasteiger partial charge in [-0.3, -0.25) is 0 Å². The predicted molar refractivity (Wildman–Crippen MR) is 57.0 cm³/mol. The molecule has 3 atom stereocenters. The molecule has 0 radical (unpaired) electrons. The molecular formula is C12H17NO. The summed E-state index contributed by atoms with van der Waals surface area (Å²) in [6.45, 7) is 3.24. The van der Waals surface area contributed by atoms with Crippen LogP contribution >= 0.6 is 0 Å². The lowest BCUT2D eigenvalue weighted by molar-refractivity contribution is 0.136. The number of aliphatic hydroxyl groups is 1. The topological polar surface area (TPSA) is 32.3 Å². The molecule has 2 rings (SSSR count). The minimum Gasteiger partial charge on any atom is -0.387 e. The first-order chi connectivity index (χ1) is 6.77. The molecule has 1 heterocycles. The Balaban J connectivity index is 2.05. The lowest BCUT2D eigenvalue weighted by Gasteiger charge is -2.18. The largest absolute Gasteiger partial charge is 0.387 e. The number of rotatable bonds is 2. The molecule has 0 unspecified atom stereocenters. The van der Waals surface area contributed by atoms with Crippen LogP contribution in [0, 0.1) is 5.92 Å². The average Bonchev–Trinajstić information content (AvgIpc) is 2.65. The molecule has 0 spiro atoms. The summed E-state index contributed by atoms with van der Waals surface area (Å²) in [5, 5.41) is 13.4. The first-order valence-corrected chi connectivity index (χ1v) is 5.24. The van der Waals surface area contributed by atoms with E-state index in [0.717, 1.165) is 18.5 Å². The van der Waals surface area contributed by atoms with E-state index in [-0.39, 0.29) is 12.1 Å². The molecule has 14 heavy (non-hydrogen) atoms. The highest BCUT2D eigenvalue weighted by Crippen LogP contribution is 2.25. The van der Waals surface area contributed by atoms with Gasteiger partial charge in [-0.2, -0.15) is 0 Å². The Morgan fingerprint density at radius 3 is 2.64 bits per heavy atom. The standard InChI is InChI=1S/C12H17NO/c1-9-7-11(13-8-9)12(14)10-5-3-2-4-6-10/h2-6,9,11-14H,7-8H2,1H3/t9-,11+,12-/m0/s1. The van der Waals surface area contributed by atoms with Crippen LogP contribution in [0.15, 0.2) is 30.3 Å². The van der Waals surface area contributed by atoms with Gasteiger partial charge in [0, 0.05) is 6.04 Å². The van der Waals surface area contributed by atoms with Crippen LogP contribution in [0.2, 0.25) is 0 Å². The number of hydrogen-bond donors (Lipinski definition) is 2. The molecule has 2 N–H and O–H groups in total. The van der Waals surface area contributed by atoms with Crippen molar-refractivity contribution in [2.24, 2.45) is 5.92 Å². The monoisotopic (exact) mass is 191 g/mol. The smallest absolute Gasteiger partial charge is 0.0943 e. The molecule has 0 aliphatic carbocycles. The summed E-state index contributed by atoms with van der Waals surface area (Å²) in [6, 6.07) is 10.1. The molecule has 0 bridgehead atoms. The Morgan fingerprint density at radius 1 is 1.36 bits per heavy atom. The third-order valence-corrected chi connectivity index (χ3v) is 2.91. The number of benzene rings is 1. The van der Waals surface area contributed by atoms with Gasteiger partial charge in [-0.05, 0) is 24.4 Å². The minimum atomic E-state index is -0.360. The Morgan fingerprint density at radius 2 is 2.07 bits per heavy atom. The summed E-state index contributed by atoms with van der Waals surface area (Å²) >= 11 is 0. The Hall–Kier alpha value is -0.860.